The third-order valence-electron chi connectivity index (χ3n) is 1.66. The van der Waals surface area contributed by atoms with Gasteiger partial charge in [0.15, 0.2) is 0 Å². The number of benzene rings is 1. The Kier molecular flexibility index (Phi) is 4.28. The van der Waals surface area contributed by atoms with Gasteiger partial charge in [-0.15, -0.1) is 0 Å². The monoisotopic (exact) mass is 241 g/mol. The van der Waals surface area contributed by atoms with Gasteiger partial charge in [-0.3, -0.25) is 15.5 Å². The fourth-order valence-electron chi connectivity index (χ4n) is 1.01. The summed E-state index contributed by atoms with van der Waals surface area (Å²) in [5, 5.41) is 4.14. The van der Waals surface area contributed by atoms with E-state index in [0.29, 0.717) is 10.6 Å². The van der Waals surface area contributed by atoms with Gasteiger partial charge in [-0.25, -0.2) is 9.80 Å². The topological polar surface area (TPSA) is 61.4 Å². The molecule has 0 aliphatic heterocycles. The van der Waals surface area contributed by atoms with Crippen LogP contribution < -0.4 is 10.7 Å². The van der Waals surface area contributed by atoms with Gasteiger partial charge in [-0.2, -0.15) is 0 Å². The first-order valence-corrected chi connectivity index (χ1v) is 4.91. The average molecular weight is 242 g/mol. The maximum atomic E-state index is 11.5. The summed E-state index contributed by atoms with van der Waals surface area (Å²) in [6, 6.07) is 5.67. The lowest BCUT2D eigenvalue weighted by atomic mass is 10.2. The van der Waals surface area contributed by atoms with Crippen LogP contribution in [-0.4, -0.2) is 31.0 Å². The van der Waals surface area contributed by atoms with Crippen molar-refractivity contribution in [2.24, 2.45) is 0 Å². The first-order valence-electron chi connectivity index (χ1n) is 4.54. The minimum absolute atomic E-state index is 0.373. The standard InChI is InChI=1S/C10H12ClN3O2/c1-14(2)13-10(16)12-9(15)7-3-5-8(11)6-4-7/h3-6H,1-2H3,(H2,12,13,15,16). The fraction of sp³-hybridized carbons (Fsp3) is 0.200. The van der Waals surface area contributed by atoms with Crippen LogP contribution in [-0.2, 0) is 0 Å². The molecule has 0 aliphatic carbocycles. The third kappa shape index (κ3) is 3.88. The first-order chi connectivity index (χ1) is 7.49. The van der Waals surface area contributed by atoms with Gasteiger partial charge in [0.2, 0.25) is 0 Å². The molecule has 0 aromatic heterocycles. The number of hydrogen-bond acceptors (Lipinski definition) is 3. The Bertz CT molecular complexity index is 390. The molecule has 1 aromatic rings. The van der Waals surface area contributed by atoms with Gasteiger partial charge < -0.3 is 0 Å². The van der Waals surface area contributed by atoms with Gasteiger partial charge in [0.05, 0.1) is 0 Å². The molecule has 0 bridgehead atoms. The van der Waals surface area contributed by atoms with Crippen LogP contribution >= 0.6 is 11.6 Å². The van der Waals surface area contributed by atoms with E-state index in [1.807, 2.05) is 0 Å². The molecule has 1 aromatic carbocycles. The van der Waals surface area contributed by atoms with E-state index in [0.717, 1.165) is 0 Å². The van der Waals surface area contributed by atoms with E-state index in [-0.39, 0.29) is 0 Å². The third-order valence-corrected chi connectivity index (χ3v) is 1.91. The highest BCUT2D eigenvalue weighted by Crippen LogP contribution is 2.09. The molecular formula is C10H12ClN3O2. The van der Waals surface area contributed by atoms with Gasteiger partial charge in [0.25, 0.3) is 5.91 Å². The van der Waals surface area contributed by atoms with Crippen molar-refractivity contribution in [3.8, 4) is 0 Å². The molecule has 0 saturated heterocycles. The lowest BCUT2D eigenvalue weighted by molar-refractivity contribution is 0.0959. The Hall–Kier alpha value is -1.59. The maximum absolute atomic E-state index is 11.5. The van der Waals surface area contributed by atoms with E-state index < -0.39 is 11.9 Å². The van der Waals surface area contributed by atoms with E-state index in [2.05, 4.69) is 10.7 Å². The van der Waals surface area contributed by atoms with Crippen LogP contribution in [0.4, 0.5) is 4.79 Å². The minimum Gasteiger partial charge on any atom is -0.273 e. The summed E-state index contributed by atoms with van der Waals surface area (Å²) in [6.07, 6.45) is 0. The quantitative estimate of drug-likeness (QED) is 0.767. The Labute approximate surface area is 98.3 Å². The van der Waals surface area contributed by atoms with Crippen molar-refractivity contribution >= 4 is 23.5 Å². The molecule has 16 heavy (non-hydrogen) atoms. The molecule has 2 N–H and O–H groups in total. The molecule has 1 rings (SSSR count). The number of carbonyl (C=O) groups excluding carboxylic acids is 2. The molecule has 3 amide bonds. The SMILES string of the molecule is CN(C)NC(=O)NC(=O)c1ccc(Cl)cc1. The highest BCUT2D eigenvalue weighted by Gasteiger charge is 2.09. The van der Waals surface area contributed by atoms with Crippen molar-refractivity contribution in [1.29, 1.82) is 0 Å². The number of rotatable bonds is 2. The number of nitrogens with zero attached hydrogens (tertiary/aromatic N) is 1. The van der Waals surface area contributed by atoms with Gasteiger partial charge >= 0.3 is 6.03 Å². The van der Waals surface area contributed by atoms with Gasteiger partial charge in [0, 0.05) is 24.7 Å². The number of urea groups is 1. The normalized spacial score (nSPS) is 10.0. The fourth-order valence-corrected chi connectivity index (χ4v) is 1.13. The van der Waals surface area contributed by atoms with Gasteiger partial charge in [0.1, 0.15) is 0 Å². The van der Waals surface area contributed by atoms with Crippen LogP contribution in [0.1, 0.15) is 10.4 Å². The molecule has 0 heterocycles. The van der Waals surface area contributed by atoms with Crippen LogP contribution in [0.15, 0.2) is 24.3 Å². The lowest BCUT2D eigenvalue weighted by Crippen LogP contribution is -2.45. The smallest absolute Gasteiger partial charge is 0.273 e. The number of hydrazine groups is 1. The molecule has 0 aliphatic rings. The van der Waals surface area contributed by atoms with E-state index in [4.69, 9.17) is 11.6 Å². The van der Waals surface area contributed by atoms with E-state index in [9.17, 15) is 9.59 Å². The van der Waals surface area contributed by atoms with E-state index >= 15 is 0 Å². The molecule has 0 fully saturated rings. The summed E-state index contributed by atoms with van der Waals surface area (Å²) in [5.41, 5.74) is 2.76. The average Bonchev–Trinajstić information content (AvgIpc) is 2.16. The highest BCUT2D eigenvalue weighted by molar-refractivity contribution is 6.30. The Morgan fingerprint density at radius 1 is 1.19 bits per heavy atom. The number of nitrogens with one attached hydrogen (secondary N) is 2. The van der Waals surface area contributed by atoms with Crippen molar-refractivity contribution in [3.63, 3.8) is 0 Å². The highest BCUT2D eigenvalue weighted by atomic mass is 35.5. The summed E-state index contributed by atoms with van der Waals surface area (Å²) in [6.45, 7) is 0. The zero-order chi connectivity index (χ0) is 12.1. The van der Waals surface area contributed by atoms with Crippen LogP contribution in [0.25, 0.3) is 0 Å². The van der Waals surface area contributed by atoms with Crippen LogP contribution in [0.2, 0.25) is 5.02 Å². The largest absolute Gasteiger partial charge is 0.336 e. The predicted octanol–water partition coefficient (Wildman–Crippen LogP) is 1.26. The van der Waals surface area contributed by atoms with E-state index in [1.165, 1.54) is 5.01 Å². The number of hydrogen-bond donors (Lipinski definition) is 2. The summed E-state index contributed by atoms with van der Waals surface area (Å²) in [4.78, 5) is 22.7. The van der Waals surface area contributed by atoms with Crippen LogP contribution in [0, 0.1) is 0 Å². The van der Waals surface area contributed by atoms with Crippen molar-refractivity contribution in [2.75, 3.05) is 14.1 Å². The number of amides is 3. The van der Waals surface area contributed by atoms with E-state index in [1.54, 1.807) is 38.4 Å². The molecule has 0 atom stereocenters. The molecule has 0 spiro atoms. The van der Waals surface area contributed by atoms with Crippen molar-refractivity contribution in [1.82, 2.24) is 15.8 Å². The minimum atomic E-state index is -0.579. The molecule has 86 valence electrons. The first kappa shape index (κ1) is 12.5. The summed E-state index contributed by atoms with van der Waals surface area (Å²) < 4.78 is 0. The Morgan fingerprint density at radius 3 is 2.25 bits per heavy atom. The molecule has 6 heteroatoms. The number of imide groups is 1. The van der Waals surface area contributed by atoms with Crippen LogP contribution in [0.5, 0.6) is 0 Å². The van der Waals surface area contributed by atoms with Gasteiger partial charge in [-0.1, -0.05) is 11.6 Å². The number of halogens is 1. The Morgan fingerprint density at radius 2 is 1.75 bits per heavy atom. The van der Waals surface area contributed by atoms with Crippen molar-refractivity contribution in [3.05, 3.63) is 34.9 Å². The summed E-state index contributed by atoms with van der Waals surface area (Å²) in [7, 11) is 3.29. The molecule has 0 radical (unpaired) electrons. The summed E-state index contributed by atoms with van der Waals surface area (Å²) >= 11 is 5.67. The second-order valence-electron chi connectivity index (χ2n) is 3.30. The second-order valence-corrected chi connectivity index (χ2v) is 3.73. The lowest BCUT2D eigenvalue weighted by Gasteiger charge is -2.11. The Balaban J connectivity index is 2.59. The predicted molar refractivity (Wildman–Crippen MR) is 61.1 cm³/mol. The van der Waals surface area contributed by atoms with Crippen molar-refractivity contribution in [2.45, 2.75) is 0 Å². The summed E-state index contributed by atoms with van der Waals surface area (Å²) in [5.74, 6) is -0.476. The maximum Gasteiger partial charge on any atom is 0.336 e. The van der Waals surface area contributed by atoms with Gasteiger partial charge in [-0.05, 0) is 24.3 Å². The van der Waals surface area contributed by atoms with Crippen molar-refractivity contribution < 1.29 is 9.59 Å². The second kappa shape index (κ2) is 5.48. The molecule has 5 nitrogen and oxygen atoms in total. The molecule has 0 saturated carbocycles. The molecular weight excluding hydrogens is 230 g/mol. The zero-order valence-electron chi connectivity index (χ0n) is 8.95. The zero-order valence-corrected chi connectivity index (χ0v) is 9.71. The van der Waals surface area contributed by atoms with Crippen LogP contribution in [0.3, 0.4) is 0 Å². The molecule has 0 unspecified atom stereocenters. The number of carbonyl (C=O) groups is 2.